The molecule has 2 aromatic rings. The molecule has 98 valence electrons. The number of hydrazine groups is 1. The van der Waals surface area contributed by atoms with E-state index < -0.39 is 5.91 Å². The van der Waals surface area contributed by atoms with Crippen molar-refractivity contribution in [2.75, 3.05) is 5.32 Å². The van der Waals surface area contributed by atoms with Gasteiger partial charge in [-0.3, -0.25) is 10.2 Å². The number of nitrogen functional groups attached to an aromatic ring is 1. The summed E-state index contributed by atoms with van der Waals surface area (Å²) >= 11 is 5.89. The van der Waals surface area contributed by atoms with E-state index in [0.29, 0.717) is 22.0 Å². The summed E-state index contributed by atoms with van der Waals surface area (Å²) in [4.78, 5) is 11.6. The molecule has 0 bridgehead atoms. The zero-order valence-electron chi connectivity index (χ0n) is 9.78. The highest BCUT2D eigenvalue weighted by Crippen LogP contribution is 2.24. The van der Waals surface area contributed by atoms with Crippen molar-refractivity contribution in [2.45, 2.75) is 0 Å². The minimum Gasteiger partial charge on any atom is -0.355 e. The standard InChI is InChI=1S/C13H11ClFN3O/c14-8-1-6-11(13(19)18-16)12(7-8)17-10-4-2-9(15)3-5-10/h1-7,17H,16H2,(H,18,19). The van der Waals surface area contributed by atoms with Gasteiger partial charge in [0, 0.05) is 10.7 Å². The first kappa shape index (κ1) is 13.3. The van der Waals surface area contributed by atoms with Gasteiger partial charge in [0.25, 0.3) is 5.91 Å². The van der Waals surface area contributed by atoms with Gasteiger partial charge in [-0.2, -0.15) is 0 Å². The van der Waals surface area contributed by atoms with Gasteiger partial charge >= 0.3 is 0 Å². The third-order valence-electron chi connectivity index (χ3n) is 2.48. The minimum absolute atomic E-state index is 0.337. The molecule has 1 amide bonds. The molecule has 0 spiro atoms. The fourth-order valence-electron chi connectivity index (χ4n) is 1.58. The molecule has 0 aromatic heterocycles. The Morgan fingerprint density at radius 2 is 1.84 bits per heavy atom. The second-order valence-electron chi connectivity index (χ2n) is 3.80. The van der Waals surface area contributed by atoms with E-state index in [1.54, 1.807) is 30.3 Å². The van der Waals surface area contributed by atoms with Gasteiger partial charge in [0.15, 0.2) is 0 Å². The second-order valence-corrected chi connectivity index (χ2v) is 4.23. The topological polar surface area (TPSA) is 67.1 Å². The number of hydrogen-bond acceptors (Lipinski definition) is 3. The van der Waals surface area contributed by atoms with Gasteiger partial charge < -0.3 is 5.32 Å². The van der Waals surface area contributed by atoms with Crippen LogP contribution in [0.1, 0.15) is 10.4 Å². The minimum atomic E-state index is -0.443. The fourth-order valence-corrected chi connectivity index (χ4v) is 1.76. The number of nitrogens with two attached hydrogens (primary N) is 1. The van der Waals surface area contributed by atoms with Crippen LogP contribution in [-0.4, -0.2) is 5.91 Å². The molecule has 0 aliphatic rings. The summed E-state index contributed by atoms with van der Waals surface area (Å²) in [5.74, 6) is 4.33. The number of carbonyl (C=O) groups is 1. The van der Waals surface area contributed by atoms with Crippen LogP contribution in [0.15, 0.2) is 42.5 Å². The molecule has 0 aliphatic carbocycles. The Morgan fingerprint density at radius 3 is 2.47 bits per heavy atom. The smallest absolute Gasteiger partial charge is 0.267 e. The van der Waals surface area contributed by atoms with E-state index in [4.69, 9.17) is 17.4 Å². The molecule has 0 aliphatic heterocycles. The third kappa shape index (κ3) is 3.21. The lowest BCUT2D eigenvalue weighted by molar-refractivity contribution is 0.0954. The van der Waals surface area contributed by atoms with Crippen LogP contribution >= 0.6 is 11.6 Å². The molecule has 0 heterocycles. The van der Waals surface area contributed by atoms with E-state index in [-0.39, 0.29) is 5.82 Å². The lowest BCUT2D eigenvalue weighted by Crippen LogP contribution is -2.30. The van der Waals surface area contributed by atoms with E-state index in [9.17, 15) is 9.18 Å². The van der Waals surface area contributed by atoms with E-state index in [1.807, 2.05) is 0 Å². The molecule has 0 atom stereocenters. The molecule has 0 fully saturated rings. The lowest BCUT2D eigenvalue weighted by Gasteiger charge is -2.11. The van der Waals surface area contributed by atoms with Crippen molar-refractivity contribution in [3.8, 4) is 0 Å². The van der Waals surface area contributed by atoms with Crippen LogP contribution in [-0.2, 0) is 0 Å². The zero-order chi connectivity index (χ0) is 13.8. The molecular weight excluding hydrogens is 269 g/mol. The summed E-state index contributed by atoms with van der Waals surface area (Å²) in [6.07, 6.45) is 0. The SMILES string of the molecule is NNC(=O)c1ccc(Cl)cc1Nc1ccc(F)cc1. The van der Waals surface area contributed by atoms with Crippen molar-refractivity contribution in [3.63, 3.8) is 0 Å². The average molecular weight is 280 g/mol. The molecule has 0 unspecified atom stereocenters. The van der Waals surface area contributed by atoms with E-state index in [1.165, 1.54) is 12.1 Å². The lowest BCUT2D eigenvalue weighted by atomic mass is 10.1. The number of anilines is 2. The molecule has 0 radical (unpaired) electrons. The Balaban J connectivity index is 2.35. The number of carbonyl (C=O) groups excluding carboxylic acids is 1. The number of rotatable bonds is 3. The Labute approximate surface area is 114 Å². The molecular formula is C13H11ClFN3O. The van der Waals surface area contributed by atoms with Gasteiger partial charge in [-0.05, 0) is 42.5 Å². The Hall–Kier alpha value is -2.11. The van der Waals surface area contributed by atoms with Crippen molar-refractivity contribution in [1.29, 1.82) is 0 Å². The Morgan fingerprint density at radius 1 is 1.16 bits per heavy atom. The van der Waals surface area contributed by atoms with Gasteiger partial charge in [0.2, 0.25) is 0 Å². The Bertz CT molecular complexity index is 601. The molecule has 4 nitrogen and oxygen atoms in total. The van der Waals surface area contributed by atoms with E-state index >= 15 is 0 Å². The molecule has 2 rings (SSSR count). The Kier molecular flexibility index (Phi) is 3.99. The van der Waals surface area contributed by atoms with Crippen LogP contribution in [0.3, 0.4) is 0 Å². The maximum absolute atomic E-state index is 12.8. The average Bonchev–Trinajstić information content (AvgIpc) is 2.41. The summed E-state index contributed by atoms with van der Waals surface area (Å²) in [6, 6.07) is 10.5. The molecule has 4 N–H and O–H groups in total. The van der Waals surface area contributed by atoms with Crippen molar-refractivity contribution in [3.05, 3.63) is 58.9 Å². The highest BCUT2D eigenvalue weighted by atomic mass is 35.5. The molecule has 2 aromatic carbocycles. The van der Waals surface area contributed by atoms with Gasteiger partial charge in [0.05, 0.1) is 11.3 Å². The first-order chi connectivity index (χ1) is 9.10. The highest BCUT2D eigenvalue weighted by molar-refractivity contribution is 6.31. The predicted molar refractivity (Wildman–Crippen MR) is 72.8 cm³/mol. The highest BCUT2D eigenvalue weighted by Gasteiger charge is 2.11. The second kappa shape index (κ2) is 5.69. The maximum atomic E-state index is 12.8. The summed E-state index contributed by atoms with van der Waals surface area (Å²) < 4.78 is 12.8. The number of hydrogen-bond donors (Lipinski definition) is 3. The quantitative estimate of drug-likeness (QED) is 0.460. The van der Waals surface area contributed by atoms with Gasteiger partial charge in [-0.25, -0.2) is 10.2 Å². The van der Waals surface area contributed by atoms with Crippen LogP contribution in [0.2, 0.25) is 5.02 Å². The monoisotopic (exact) mass is 279 g/mol. The van der Waals surface area contributed by atoms with Gasteiger partial charge in [-0.15, -0.1) is 0 Å². The van der Waals surface area contributed by atoms with Crippen LogP contribution < -0.4 is 16.6 Å². The first-order valence-electron chi connectivity index (χ1n) is 5.43. The maximum Gasteiger partial charge on any atom is 0.267 e. The zero-order valence-corrected chi connectivity index (χ0v) is 10.5. The van der Waals surface area contributed by atoms with E-state index in [2.05, 4.69) is 10.7 Å². The fraction of sp³-hybridized carbons (Fsp3) is 0. The van der Waals surface area contributed by atoms with Gasteiger partial charge in [-0.1, -0.05) is 11.6 Å². The van der Waals surface area contributed by atoms with Crippen molar-refractivity contribution in [1.82, 2.24) is 5.43 Å². The van der Waals surface area contributed by atoms with Crippen molar-refractivity contribution in [2.24, 2.45) is 5.84 Å². The summed E-state index contributed by atoms with van der Waals surface area (Å²) in [5.41, 5.74) is 3.52. The number of benzene rings is 2. The summed E-state index contributed by atoms with van der Waals surface area (Å²) in [5, 5.41) is 3.46. The van der Waals surface area contributed by atoms with Crippen LogP contribution in [0.4, 0.5) is 15.8 Å². The van der Waals surface area contributed by atoms with Crippen LogP contribution in [0, 0.1) is 5.82 Å². The number of halogens is 2. The van der Waals surface area contributed by atoms with Crippen molar-refractivity contribution >= 4 is 28.9 Å². The number of amides is 1. The first-order valence-corrected chi connectivity index (χ1v) is 5.81. The van der Waals surface area contributed by atoms with Gasteiger partial charge in [0.1, 0.15) is 5.82 Å². The largest absolute Gasteiger partial charge is 0.355 e. The molecule has 0 saturated carbocycles. The van der Waals surface area contributed by atoms with Crippen LogP contribution in [0.25, 0.3) is 0 Å². The number of nitrogens with one attached hydrogen (secondary N) is 2. The third-order valence-corrected chi connectivity index (χ3v) is 2.72. The molecule has 19 heavy (non-hydrogen) atoms. The predicted octanol–water partition coefficient (Wildman–Crippen LogP) is 2.83. The molecule has 6 heteroatoms. The normalized spacial score (nSPS) is 10.1. The summed E-state index contributed by atoms with van der Waals surface area (Å²) in [6.45, 7) is 0. The van der Waals surface area contributed by atoms with Crippen LogP contribution in [0.5, 0.6) is 0 Å². The van der Waals surface area contributed by atoms with Crippen molar-refractivity contribution < 1.29 is 9.18 Å². The summed E-state index contributed by atoms with van der Waals surface area (Å²) in [7, 11) is 0. The van der Waals surface area contributed by atoms with E-state index in [0.717, 1.165) is 0 Å². The molecule has 0 saturated heterocycles.